The summed E-state index contributed by atoms with van der Waals surface area (Å²) in [6.07, 6.45) is 3.84. The molecule has 45 heavy (non-hydrogen) atoms. The lowest BCUT2D eigenvalue weighted by Gasteiger charge is -2.13. The predicted octanol–water partition coefficient (Wildman–Crippen LogP) is 10.6. The smallest absolute Gasteiger partial charge is 0.164 e. The monoisotopic (exact) mass is 592 g/mol. The van der Waals surface area contributed by atoms with Crippen LogP contribution in [0.2, 0.25) is 0 Å². The number of benzene rings is 6. The van der Waals surface area contributed by atoms with Gasteiger partial charge in [-0.3, -0.25) is 4.98 Å². The fourth-order valence-corrected chi connectivity index (χ4v) is 7.39. The zero-order valence-electron chi connectivity index (χ0n) is 24.1. The zero-order chi connectivity index (χ0) is 29.7. The number of pyridine rings is 1. The van der Waals surface area contributed by atoms with Crippen LogP contribution in [0, 0.1) is 0 Å². The maximum atomic E-state index is 5.03. The lowest BCUT2D eigenvalue weighted by atomic mass is 9.93. The van der Waals surface area contributed by atoms with E-state index in [0.717, 1.165) is 33.2 Å². The molecule has 9 rings (SSSR count). The maximum absolute atomic E-state index is 5.03. The SMILES string of the molecule is c1ccc(-c2nc(-c3ccccc3)nc(-c3cc(-c4ccc5ccc6c7ccncc7sc6c5c4)c4ccccc4c3)n2)cc1. The topological polar surface area (TPSA) is 51.6 Å². The highest BCUT2D eigenvalue weighted by Crippen LogP contribution is 2.41. The van der Waals surface area contributed by atoms with Crippen LogP contribution in [-0.4, -0.2) is 19.9 Å². The Labute approximate surface area is 263 Å². The molecule has 0 spiro atoms. The highest BCUT2D eigenvalue weighted by atomic mass is 32.1. The van der Waals surface area contributed by atoms with Crippen LogP contribution in [0.5, 0.6) is 0 Å². The molecule has 0 N–H and O–H groups in total. The van der Waals surface area contributed by atoms with E-state index < -0.39 is 0 Å². The van der Waals surface area contributed by atoms with Gasteiger partial charge in [-0.15, -0.1) is 11.3 Å². The fourth-order valence-electron chi connectivity index (χ4n) is 6.19. The number of hydrogen-bond acceptors (Lipinski definition) is 5. The fraction of sp³-hybridized carbons (Fsp3) is 0. The lowest BCUT2D eigenvalue weighted by Crippen LogP contribution is -2.00. The van der Waals surface area contributed by atoms with Crippen LogP contribution in [0.25, 0.3) is 87.0 Å². The van der Waals surface area contributed by atoms with Crippen LogP contribution in [0.3, 0.4) is 0 Å². The van der Waals surface area contributed by atoms with E-state index in [4.69, 9.17) is 15.0 Å². The third-order valence-corrected chi connectivity index (χ3v) is 9.58. The molecule has 0 aliphatic carbocycles. The Morgan fingerprint density at radius 3 is 1.84 bits per heavy atom. The van der Waals surface area contributed by atoms with E-state index in [2.05, 4.69) is 77.8 Å². The molecule has 210 valence electrons. The van der Waals surface area contributed by atoms with Gasteiger partial charge in [0.1, 0.15) is 0 Å². The molecule has 9 aromatic rings. The number of rotatable bonds is 4. The minimum Gasteiger partial charge on any atom is -0.263 e. The van der Waals surface area contributed by atoms with Gasteiger partial charge in [-0.25, -0.2) is 15.0 Å². The summed E-state index contributed by atoms with van der Waals surface area (Å²) in [6.45, 7) is 0. The maximum Gasteiger partial charge on any atom is 0.164 e. The minimum absolute atomic E-state index is 0.648. The Balaban J connectivity index is 1.28. The summed E-state index contributed by atoms with van der Waals surface area (Å²) in [6, 6.07) is 46.6. The van der Waals surface area contributed by atoms with Crippen molar-refractivity contribution in [2.75, 3.05) is 0 Å². The quantitative estimate of drug-likeness (QED) is 0.204. The molecule has 0 saturated heterocycles. The van der Waals surface area contributed by atoms with Crippen LogP contribution in [0.1, 0.15) is 0 Å². The molecule has 0 amide bonds. The average molecular weight is 593 g/mol. The summed E-state index contributed by atoms with van der Waals surface area (Å²) in [7, 11) is 0. The summed E-state index contributed by atoms with van der Waals surface area (Å²) < 4.78 is 2.49. The Kier molecular flexibility index (Phi) is 5.96. The number of thiophene rings is 1. The molecule has 0 saturated carbocycles. The molecular formula is C40H24N4S. The molecule has 3 aromatic heterocycles. The average Bonchev–Trinajstić information content (AvgIpc) is 3.51. The van der Waals surface area contributed by atoms with Crippen LogP contribution in [0.15, 0.2) is 146 Å². The van der Waals surface area contributed by atoms with Gasteiger partial charge in [-0.05, 0) is 51.6 Å². The molecule has 0 unspecified atom stereocenters. The van der Waals surface area contributed by atoms with Gasteiger partial charge in [0.25, 0.3) is 0 Å². The van der Waals surface area contributed by atoms with Crippen molar-refractivity contribution < 1.29 is 0 Å². The molecule has 0 fully saturated rings. The molecule has 0 aliphatic heterocycles. The van der Waals surface area contributed by atoms with Crippen molar-refractivity contribution in [3.8, 4) is 45.3 Å². The summed E-state index contributed by atoms with van der Waals surface area (Å²) in [5, 5.41) is 7.33. The van der Waals surface area contributed by atoms with Crippen molar-refractivity contribution >= 4 is 53.1 Å². The number of nitrogens with zero attached hydrogens (tertiary/aromatic N) is 4. The van der Waals surface area contributed by atoms with E-state index in [9.17, 15) is 0 Å². The lowest BCUT2D eigenvalue weighted by molar-refractivity contribution is 1.07. The summed E-state index contributed by atoms with van der Waals surface area (Å²) in [5.74, 6) is 1.96. The van der Waals surface area contributed by atoms with Crippen molar-refractivity contribution in [2.24, 2.45) is 0 Å². The molecule has 4 nitrogen and oxygen atoms in total. The first kappa shape index (κ1) is 25.7. The van der Waals surface area contributed by atoms with Crippen molar-refractivity contribution in [3.63, 3.8) is 0 Å². The summed E-state index contributed by atoms with van der Waals surface area (Å²) in [5.41, 5.74) is 5.16. The Morgan fingerprint density at radius 1 is 0.422 bits per heavy atom. The van der Waals surface area contributed by atoms with Crippen LogP contribution in [0.4, 0.5) is 0 Å². The zero-order valence-corrected chi connectivity index (χ0v) is 24.9. The second kappa shape index (κ2) is 10.4. The van der Waals surface area contributed by atoms with E-state index in [1.165, 1.54) is 36.3 Å². The van der Waals surface area contributed by atoms with Crippen molar-refractivity contribution in [1.82, 2.24) is 19.9 Å². The molecular weight excluding hydrogens is 569 g/mol. The first-order valence-electron chi connectivity index (χ1n) is 14.9. The van der Waals surface area contributed by atoms with Gasteiger partial charge < -0.3 is 0 Å². The van der Waals surface area contributed by atoms with Crippen LogP contribution < -0.4 is 0 Å². The molecule has 0 atom stereocenters. The van der Waals surface area contributed by atoms with Gasteiger partial charge in [-0.2, -0.15) is 0 Å². The molecule has 5 heteroatoms. The van der Waals surface area contributed by atoms with Crippen molar-refractivity contribution in [2.45, 2.75) is 0 Å². The van der Waals surface area contributed by atoms with E-state index in [1.807, 2.05) is 84.4 Å². The van der Waals surface area contributed by atoms with Gasteiger partial charge >= 0.3 is 0 Å². The summed E-state index contributed by atoms with van der Waals surface area (Å²) in [4.78, 5) is 19.3. The Bertz CT molecular complexity index is 2480. The number of aromatic nitrogens is 4. The second-order valence-electron chi connectivity index (χ2n) is 11.1. The standard InChI is InChI=1S/C40H24N4S/c1-3-9-26(10-4-1)38-42-39(27-11-5-2-6-12-27)44-40(43-38)30-21-28-13-7-8-14-31(28)34(23-30)29-16-15-25-17-18-33-32-19-20-41-24-36(32)45-37(33)35(25)22-29/h1-24H. The van der Waals surface area contributed by atoms with Gasteiger partial charge in [0.2, 0.25) is 0 Å². The molecule has 6 aromatic carbocycles. The third-order valence-electron chi connectivity index (χ3n) is 8.39. The molecule has 0 bridgehead atoms. The molecule has 3 heterocycles. The van der Waals surface area contributed by atoms with Crippen molar-refractivity contribution in [3.05, 3.63) is 146 Å². The Hall–Kier alpha value is -5.78. The van der Waals surface area contributed by atoms with E-state index in [0.29, 0.717) is 17.5 Å². The first-order chi connectivity index (χ1) is 22.3. The van der Waals surface area contributed by atoms with E-state index >= 15 is 0 Å². The van der Waals surface area contributed by atoms with E-state index in [1.54, 1.807) is 0 Å². The van der Waals surface area contributed by atoms with Gasteiger partial charge in [0, 0.05) is 49.9 Å². The third kappa shape index (κ3) is 4.44. The molecule has 0 radical (unpaired) electrons. The highest BCUT2D eigenvalue weighted by Gasteiger charge is 2.16. The van der Waals surface area contributed by atoms with Crippen molar-refractivity contribution in [1.29, 1.82) is 0 Å². The first-order valence-corrected chi connectivity index (χ1v) is 15.7. The number of hydrogen-bond donors (Lipinski definition) is 0. The largest absolute Gasteiger partial charge is 0.263 e. The second-order valence-corrected chi connectivity index (χ2v) is 12.2. The van der Waals surface area contributed by atoms with Crippen LogP contribution >= 0.6 is 11.3 Å². The van der Waals surface area contributed by atoms with Gasteiger partial charge in [-0.1, -0.05) is 109 Å². The van der Waals surface area contributed by atoms with Gasteiger partial charge in [0.15, 0.2) is 17.5 Å². The summed E-state index contributed by atoms with van der Waals surface area (Å²) >= 11 is 1.81. The van der Waals surface area contributed by atoms with Gasteiger partial charge in [0.05, 0.1) is 4.70 Å². The highest BCUT2D eigenvalue weighted by molar-refractivity contribution is 7.26. The molecule has 0 aliphatic rings. The number of fused-ring (bicyclic) bond motifs is 6. The van der Waals surface area contributed by atoms with E-state index in [-0.39, 0.29) is 0 Å². The Morgan fingerprint density at radius 2 is 1.09 bits per heavy atom. The normalized spacial score (nSPS) is 11.6. The minimum atomic E-state index is 0.648. The predicted molar refractivity (Wildman–Crippen MR) is 187 cm³/mol. The van der Waals surface area contributed by atoms with Crippen LogP contribution in [-0.2, 0) is 0 Å².